The highest BCUT2D eigenvalue weighted by molar-refractivity contribution is 6.18. The number of benzene rings is 21. The lowest BCUT2D eigenvalue weighted by atomic mass is 9.82. The van der Waals surface area contributed by atoms with Crippen LogP contribution in [-0.2, 0) is 16.2 Å². The number of nitrogens with zero attached hydrogens (tertiary/aromatic N) is 3. The number of aromatic nitrogens is 3. The average Bonchev–Trinajstić information content (AvgIpc) is 1.57. The Morgan fingerprint density at radius 2 is 0.465 bits per heavy atom. The van der Waals surface area contributed by atoms with E-state index in [0.717, 1.165) is 0 Å². The average molecular weight is 1850 g/mol. The summed E-state index contributed by atoms with van der Waals surface area (Å²) < 4.78 is 7.17. The second-order valence-corrected chi connectivity index (χ2v) is 40.6. The summed E-state index contributed by atoms with van der Waals surface area (Å²) in [6.45, 7) is 26.8. The first-order chi connectivity index (χ1) is 70.2. The Hall–Kier alpha value is -17.0. The molecule has 0 N–H and O–H groups in total. The third-order valence-corrected chi connectivity index (χ3v) is 30.1. The van der Waals surface area contributed by atoms with Crippen LogP contribution in [0.25, 0.3) is 183 Å². The van der Waals surface area contributed by atoms with Crippen molar-refractivity contribution in [3.63, 3.8) is 0 Å². The van der Waals surface area contributed by atoms with Gasteiger partial charge in [-0.1, -0.05) is 470 Å². The molecule has 3 heterocycles. The van der Waals surface area contributed by atoms with Gasteiger partial charge in [-0.2, -0.15) is 0 Å². The van der Waals surface area contributed by atoms with E-state index in [4.69, 9.17) is 0 Å². The molecule has 3 aliphatic rings. The van der Waals surface area contributed by atoms with E-state index in [-0.39, 0.29) is 16.2 Å². The van der Waals surface area contributed by atoms with Gasteiger partial charge in [0.15, 0.2) is 0 Å². The SMILES string of the molecule is Cc1ccc(-c2ccc3c(c2)c2cc(-c4ccccc4)ccc2n3-c2ccccc2)cc1.Cc1ccc(-c2cccc3c2c2cc(-c4ccccc4)ccc2n3-c2ccccc2)cc1.Cc1ccc(-c2cccc3c4cc(-c5ccccc5)ccc4n(-c4ccccc4)c23)cc1.Cc1ccc2c(c1)-c1ccccc1C2(C)C.Cc1ccc2c(c1)C(C)(C)c1ccccc1-2.Cc1cccc2c1-c1ccccc1C2(C)C. The maximum atomic E-state index is 2.41. The molecule has 3 aliphatic carbocycles. The van der Waals surface area contributed by atoms with Crippen molar-refractivity contribution in [1.29, 1.82) is 0 Å². The highest BCUT2D eigenvalue weighted by Crippen LogP contribution is 2.53. The van der Waals surface area contributed by atoms with Gasteiger partial charge in [-0.25, -0.2) is 0 Å². The number of hydrogen-bond donors (Lipinski definition) is 0. The van der Waals surface area contributed by atoms with Crippen LogP contribution in [0.2, 0.25) is 0 Å². The third kappa shape index (κ3) is 17.2. The molecule has 27 rings (SSSR count). The molecule has 3 nitrogen and oxygen atoms in total. The molecule has 696 valence electrons. The summed E-state index contributed by atoms with van der Waals surface area (Å²) in [4.78, 5) is 0. The standard InChI is InChI=1S/3C31H23N.3C16H16/c1-22-15-17-24(18-16-22)27-13-8-14-30-31(27)28-21-25(23-9-4-2-5-10-23)19-20-29(28)32(30)26-11-6-3-7-12-26;1-22-15-17-24(18-16-22)27-13-8-14-28-29-21-25(23-9-4-2-5-10-23)19-20-30(29)32(31(27)28)26-11-6-3-7-12-26;1-22-12-14-24(15-13-22)26-17-19-31-29(21-26)28-20-25(23-8-4-2-5-9-23)16-18-30(28)32(31)27-10-6-3-7-11-27;1-11-7-6-10-14-15(11)12-8-4-5-9-13(12)16(14,2)3;1-11-8-9-15-13(10-11)12-6-4-5-7-14(12)16(15,2)3;1-11-8-9-13-12-6-4-5-7-14(12)16(2,3)15(13)10-11/h3*2-21H,1H3;3*4-10H,1-3H3. The van der Waals surface area contributed by atoms with E-state index >= 15 is 0 Å². The van der Waals surface area contributed by atoms with E-state index in [1.807, 2.05) is 0 Å². The van der Waals surface area contributed by atoms with E-state index in [1.165, 1.54) is 249 Å². The highest BCUT2D eigenvalue weighted by Gasteiger charge is 2.38. The molecule has 0 saturated carbocycles. The lowest BCUT2D eigenvalue weighted by Crippen LogP contribution is -2.14. The fraction of sp³-hybridized carbons (Fsp3) is 0.106. The Bertz CT molecular complexity index is 8820. The van der Waals surface area contributed by atoms with Crippen molar-refractivity contribution >= 4 is 65.4 Å². The number of rotatable bonds is 9. The first-order valence-corrected chi connectivity index (χ1v) is 50.6. The Morgan fingerprint density at radius 3 is 0.965 bits per heavy atom. The van der Waals surface area contributed by atoms with Crippen LogP contribution < -0.4 is 0 Å². The van der Waals surface area contributed by atoms with Gasteiger partial charge in [0.05, 0.1) is 33.1 Å². The number of fused-ring (bicyclic) bond motifs is 18. The van der Waals surface area contributed by atoms with E-state index in [1.54, 1.807) is 0 Å². The topological polar surface area (TPSA) is 14.8 Å². The van der Waals surface area contributed by atoms with Gasteiger partial charge in [-0.3, -0.25) is 0 Å². The predicted octanol–water partition coefficient (Wildman–Crippen LogP) is 38.2. The summed E-state index contributed by atoms with van der Waals surface area (Å²) >= 11 is 0. The zero-order valence-electron chi connectivity index (χ0n) is 84.1. The van der Waals surface area contributed by atoms with E-state index in [2.05, 4.69) is 588 Å². The summed E-state index contributed by atoms with van der Waals surface area (Å²) in [5.74, 6) is 0. The van der Waals surface area contributed by atoms with Crippen molar-refractivity contribution in [3.05, 3.63) is 558 Å². The van der Waals surface area contributed by atoms with Crippen LogP contribution in [-0.4, -0.2) is 13.7 Å². The monoisotopic (exact) mass is 1850 g/mol. The van der Waals surface area contributed by atoms with Crippen LogP contribution >= 0.6 is 0 Å². The lowest BCUT2D eigenvalue weighted by Gasteiger charge is -2.21. The Labute approximate surface area is 847 Å². The first-order valence-electron chi connectivity index (χ1n) is 50.6. The molecule has 21 aromatic carbocycles. The zero-order chi connectivity index (χ0) is 98.5. The van der Waals surface area contributed by atoms with Gasteiger partial charge < -0.3 is 13.7 Å². The third-order valence-electron chi connectivity index (χ3n) is 30.1. The molecule has 144 heavy (non-hydrogen) atoms. The second-order valence-electron chi connectivity index (χ2n) is 40.6. The van der Waals surface area contributed by atoms with Crippen molar-refractivity contribution in [3.8, 4) is 117 Å². The van der Waals surface area contributed by atoms with Gasteiger partial charge >= 0.3 is 0 Å². The Morgan fingerprint density at radius 1 is 0.160 bits per heavy atom. The predicted molar refractivity (Wildman–Crippen MR) is 615 cm³/mol. The van der Waals surface area contributed by atoms with Gasteiger partial charge in [-0.15, -0.1) is 0 Å². The van der Waals surface area contributed by atoms with Crippen LogP contribution in [0.3, 0.4) is 0 Å². The van der Waals surface area contributed by atoms with Crippen LogP contribution in [0.4, 0.5) is 0 Å². The zero-order valence-corrected chi connectivity index (χ0v) is 84.1. The van der Waals surface area contributed by atoms with Crippen molar-refractivity contribution in [2.45, 2.75) is 99.3 Å². The fourth-order valence-electron chi connectivity index (χ4n) is 22.6. The number of para-hydroxylation sites is 4. The summed E-state index contributed by atoms with van der Waals surface area (Å²) in [6, 6.07) is 178. The Kier molecular flexibility index (Phi) is 24.7. The van der Waals surface area contributed by atoms with Gasteiger partial charge in [0.2, 0.25) is 0 Å². The number of aryl methyl sites for hydroxylation is 6. The van der Waals surface area contributed by atoms with E-state index in [9.17, 15) is 0 Å². The molecular formula is C141H117N3. The van der Waals surface area contributed by atoms with Gasteiger partial charge in [0.1, 0.15) is 0 Å². The quantitative estimate of drug-likeness (QED) is 0.137. The molecule has 0 radical (unpaired) electrons. The van der Waals surface area contributed by atoms with Crippen molar-refractivity contribution in [2.75, 3.05) is 0 Å². The molecule has 3 heteroatoms. The van der Waals surface area contributed by atoms with Crippen LogP contribution in [0, 0.1) is 41.5 Å². The smallest absolute Gasteiger partial charge is 0.0619 e. The highest BCUT2D eigenvalue weighted by atomic mass is 15.0. The molecule has 0 fully saturated rings. The van der Waals surface area contributed by atoms with Crippen molar-refractivity contribution in [1.82, 2.24) is 13.7 Å². The number of hydrogen-bond acceptors (Lipinski definition) is 0. The van der Waals surface area contributed by atoms with E-state index in [0.29, 0.717) is 0 Å². The Balaban J connectivity index is 0.000000101. The summed E-state index contributed by atoms with van der Waals surface area (Å²) in [5.41, 5.74) is 51.5. The molecule has 24 aromatic rings. The summed E-state index contributed by atoms with van der Waals surface area (Å²) in [7, 11) is 0. The second kappa shape index (κ2) is 38.6. The van der Waals surface area contributed by atoms with Crippen LogP contribution in [0.1, 0.15) is 108 Å². The molecule has 0 bridgehead atoms. The maximum Gasteiger partial charge on any atom is 0.0619 e. The van der Waals surface area contributed by atoms with E-state index < -0.39 is 0 Å². The van der Waals surface area contributed by atoms with Gasteiger partial charge in [0.25, 0.3) is 0 Å². The van der Waals surface area contributed by atoms with Crippen molar-refractivity contribution < 1.29 is 0 Å². The minimum Gasteiger partial charge on any atom is -0.309 e. The fourth-order valence-corrected chi connectivity index (χ4v) is 22.6. The van der Waals surface area contributed by atoms with Gasteiger partial charge in [-0.05, 0) is 266 Å². The molecule has 0 atom stereocenters. The molecule has 0 spiro atoms. The molecule has 3 aromatic heterocycles. The van der Waals surface area contributed by atoms with Crippen LogP contribution in [0.15, 0.2) is 491 Å². The minimum absolute atomic E-state index is 0.151. The van der Waals surface area contributed by atoms with Crippen molar-refractivity contribution in [2.24, 2.45) is 0 Å². The molecule has 0 amide bonds. The largest absolute Gasteiger partial charge is 0.309 e. The molecule has 0 saturated heterocycles. The minimum atomic E-state index is 0.151. The molecule has 0 unspecified atom stereocenters. The van der Waals surface area contributed by atoms with Gasteiger partial charge in [0, 0.05) is 71.2 Å². The molecule has 0 aliphatic heterocycles. The summed E-state index contributed by atoms with van der Waals surface area (Å²) in [6.07, 6.45) is 0. The first kappa shape index (κ1) is 92.1. The maximum absolute atomic E-state index is 2.41. The van der Waals surface area contributed by atoms with Crippen LogP contribution in [0.5, 0.6) is 0 Å². The lowest BCUT2D eigenvalue weighted by molar-refractivity contribution is 0.659. The molecular weight excluding hydrogens is 1740 g/mol. The summed E-state index contributed by atoms with van der Waals surface area (Å²) in [5, 5.41) is 7.69. The normalized spacial score (nSPS) is 12.8.